The van der Waals surface area contributed by atoms with Gasteiger partial charge in [-0.1, -0.05) is 18.2 Å². The molecule has 0 unspecified atom stereocenters. The summed E-state index contributed by atoms with van der Waals surface area (Å²) in [4.78, 5) is 0. The Morgan fingerprint density at radius 1 is 1.00 bits per heavy atom. The third kappa shape index (κ3) is 2.24. The number of nitrogens with zero attached hydrogens (tertiary/aromatic N) is 3. The summed E-state index contributed by atoms with van der Waals surface area (Å²) in [6, 6.07) is 7.30. The molecule has 0 saturated heterocycles. The molecule has 108 valence electrons. The van der Waals surface area contributed by atoms with E-state index in [0.717, 1.165) is 0 Å². The lowest BCUT2D eigenvalue weighted by Gasteiger charge is -2.20. The molecule has 4 nitrogen and oxygen atoms in total. The number of halogens is 5. The highest BCUT2D eigenvalue weighted by Crippen LogP contribution is 2.43. The van der Waals surface area contributed by atoms with Gasteiger partial charge in [0.25, 0.3) is 0 Å². The van der Waals surface area contributed by atoms with Gasteiger partial charge < -0.3 is 5.73 Å². The van der Waals surface area contributed by atoms with Gasteiger partial charge in [0, 0.05) is 5.69 Å². The van der Waals surface area contributed by atoms with Gasteiger partial charge in [-0.25, -0.2) is 0 Å². The fourth-order valence-electron chi connectivity index (χ4n) is 1.63. The highest BCUT2D eigenvalue weighted by atomic mass is 19.4. The minimum Gasteiger partial charge on any atom is -0.324 e. The largest absolute Gasteiger partial charge is 0.461 e. The predicted octanol–water partition coefficient (Wildman–Crippen LogP) is 2.38. The van der Waals surface area contributed by atoms with Crippen LogP contribution in [0.5, 0.6) is 0 Å². The maximum atomic E-state index is 13.5. The molecule has 9 heteroatoms. The summed E-state index contributed by atoms with van der Waals surface area (Å²) in [5.74, 6) is -6.81. The van der Waals surface area contributed by atoms with Crippen LogP contribution in [-0.4, -0.2) is 20.9 Å². The van der Waals surface area contributed by atoms with E-state index in [9.17, 15) is 22.0 Å². The van der Waals surface area contributed by atoms with Gasteiger partial charge in [0.15, 0.2) is 5.82 Å². The zero-order valence-electron chi connectivity index (χ0n) is 9.90. The smallest absolute Gasteiger partial charge is 0.324 e. The van der Waals surface area contributed by atoms with Gasteiger partial charge >= 0.3 is 12.1 Å². The summed E-state index contributed by atoms with van der Waals surface area (Å²) < 4.78 is 65.0. The average Bonchev–Trinajstić information content (AvgIpc) is 2.82. The molecule has 20 heavy (non-hydrogen) atoms. The molecular formula is C11H9F5N4. The van der Waals surface area contributed by atoms with Gasteiger partial charge in [-0.2, -0.15) is 22.0 Å². The minimum absolute atomic E-state index is 0.0804. The van der Waals surface area contributed by atoms with Crippen molar-refractivity contribution in [2.45, 2.75) is 18.6 Å². The molecule has 0 bridgehead atoms. The van der Waals surface area contributed by atoms with E-state index in [1.165, 1.54) is 24.3 Å². The van der Waals surface area contributed by atoms with E-state index in [1.54, 1.807) is 6.07 Å². The number of rotatable bonds is 3. The molecule has 0 amide bonds. The van der Waals surface area contributed by atoms with Crippen LogP contribution in [0.4, 0.5) is 22.0 Å². The normalized spacial score (nSPS) is 12.7. The number of hydrogen-bond acceptors (Lipinski definition) is 3. The molecule has 2 N–H and O–H groups in total. The van der Waals surface area contributed by atoms with Gasteiger partial charge in [-0.05, 0) is 12.1 Å². The van der Waals surface area contributed by atoms with E-state index in [4.69, 9.17) is 5.73 Å². The SMILES string of the molecule is NCc1nnc(C(F)(F)C(F)(F)F)n1-c1ccccc1. The van der Waals surface area contributed by atoms with E-state index in [-0.39, 0.29) is 18.1 Å². The van der Waals surface area contributed by atoms with Crippen molar-refractivity contribution in [2.24, 2.45) is 5.73 Å². The molecule has 0 aliphatic carbocycles. The molecule has 2 aromatic rings. The van der Waals surface area contributed by atoms with Gasteiger partial charge in [-0.3, -0.25) is 4.57 Å². The Hall–Kier alpha value is -2.03. The zero-order valence-corrected chi connectivity index (χ0v) is 9.90. The van der Waals surface area contributed by atoms with Crippen LogP contribution in [0.2, 0.25) is 0 Å². The first-order valence-corrected chi connectivity index (χ1v) is 5.44. The maximum absolute atomic E-state index is 13.5. The molecule has 0 fully saturated rings. The van der Waals surface area contributed by atoms with Crippen LogP contribution in [-0.2, 0) is 12.5 Å². The van der Waals surface area contributed by atoms with Crippen molar-refractivity contribution in [1.29, 1.82) is 0 Å². The Kier molecular flexibility index (Phi) is 3.46. The van der Waals surface area contributed by atoms with Crippen LogP contribution in [0.15, 0.2) is 30.3 Å². The van der Waals surface area contributed by atoms with Gasteiger partial charge in [0.1, 0.15) is 0 Å². The van der Waals surface area contributed by atoms with Crippen molar-refractivity contribution in [2.75, 3.05) is 0 Å². The Bertz CT molecular complexity index is 591. The Balaban J connectivity index is 2.66. The molecule has 1 aromatic heterocycles. The fraction of sp³-hybridized carbons (Fsp3) is 0.273. The lowest BCUT2D eigenvalue weighted by Crippen LogP contribution is -2.36. The topological polar surface area (TPSA) is 56.7 Å². The molecule has 0 spiro atoms. The van der Waals surface area contributed by atoms with E-state index < -0.39 is 17.9 Å². The molecule has 0 radical (unpaired) electrons. The Morgan fingerprint density at radius 3 is 2.10 bits per heavy atom. The third-order valence-electron chi connectivity index (χ3n) is 2.56. The molecule has 1 aromatic carbocycles. The van der Waals surface area contributed by atoms with E-state index in [2.05, 4.69) is 10.2 Å². The number of alkyl halides is 5. The molecule has 0 atom stereocenters. The van der Waals surface area contributed by atoms with Gasteiger partial charge in [0.05, 0.1) is 6.54 Å². The molecule has 2 rings (SSSR count). The number of nitrogens with two attached hydrogens (primary N) is 1. The third-order valence-corrected chi connectivity index (χ3v) is 2.56. The Morgan fingerprint density at radius 2 is 1.60 bits per heavy atom. The summed E-state index contributed by atoms with van der Waals surface area (Å²) in [7, 11) is 0. The second kappa shape index (κ2) is 4.82. The zero-order chi connectivity index (χ0) is 15.0. The van der Waals surface area contributed by atoms with E-state index in [1.807, 2.05) is 0 Å². The average molecular weight is 292 g/mol. The quantitative estimate of drug-likeness (QED) is 0.884. The van der Waals surface area contributed by atoms with Gasteiger partial charge in [-0.15, -0.1) is 10.2 Å². The van der Waals surface area contributed by atoms with E-state index in [0.29, 0.717) is 4.57 Å². The summed E-state index contributed by atoms with van der Waals surface area (Å²) in [5.41, 5.74) is 5.38. The van der Waals surface area contributed by atoms with Crippen LogP contribution in [0.25, 0.3) is 5.69 Å². The second-order valence-corrected chi connectivity index (χ2v) is 3.89. The standard InChI is InChI=1S/C11H9F5N4/c12-10(13,11(14,15)16)9-19-18-8(6-17)20(9)7-4-2-1-3-5-7/h1-5H,6,17H2. The highest BCUT2D eigenvalue weighted by molar-refractivity contribution is 5.35. The maximum Gasteiger partial charge on any atom is 0.461 e. The van der Waals surface area contributed by atoms with Crippen molar-refractivity contribution in [3.05, 3.63) is 42.0 Å². The van der Waals surface area contributed by atoms with Crippen LogP contribution in [0.1, 0.15) is 11.6 Å². The first-order valence-electron chi connectivity index (χ1n) is 5.44. The lowest BCUT2D eigenvalue weighted by molar-refractivity contribution is -0.293. The van der Waals surface area contributed by atoms with Crippen molar-refractivity contribution >= 4 is 0 Å². The van der Waals surface area contributed by atoms with Crippen molar-refractivity contribution in [3.8, 4) is 5.69 Å². The predicted molar refractivity (Wildman–Crippen MR) is 59.2 cm³/mol. The summed E-state index contributed by atoms with van der Waals surface area (Å²) in [5, 5.41) is 6.26. The first-order chi connectivity index (χ1) is 9.29. The van der Waals surface area contributed by atoms with Crippen LogP contribution >= 0.6 is 0 Å². The second-order valence-electron chi connectivity index (χ2n) is 3.89. The number of hydrogen-bond donors (Lipinski definition) is 1. The van der Waals surface area contributed by atoms with Gasteiger partial charge in [0.2, 0.25) is 5.82 Å². The number of para-hydroxylation sites is 1. The fourth-order valence-corrected chi connectivity index (χ4v) is 1.63. The number of aromatic nitrogens is 3. The van der Waals surface area contributed by atoms with Crippen LogP contribution < -0.4 is 5.73 Å². The van der Waals surface area contributed by atoms with Crippen molar-refractivity contribution in [1.82, 2.24) is 14.8 Å². The van der Waals surface area contributed by atoms with E-state index >= 15 is 0 Å². The lowest BCUT2D eigenvalue weighted by atomic mass is 10.2. The molecule has 0 aliphatic rings. The minimum atomic E-state index is -5.77. The summed E-state index contributed by atoms with van der Waals surface area (Å²) in [6.45, 7) is -0.324. The van der Waals surface area contributed by atoms with Crippen LogP contribution in [0, 0.1) is 0 Å². The molecule has 0 saturated carbocycles. The Labute approximate surface area is 110 Å². The molecular weight excluding hydrogens is 283 g/mol. The van der Waals surface area contributed by atoms with Crippen LogP contribution in [0.3, 0.4) is 0 Å². The monoisotopic (exact) mass is 292 g/mol. The molecule has 1 heterocycles. The highest BCUT2D eigenvalue weighted by Gasteiger charge is 2.62. The summed E-state index contributed by atoms with van der Waals surface area (Å²) >= 11 is 0. The number of benzene rings is 1. The van der Waals surface area contributed by atoms with Crippen molar-refractivity contribution in [3.63, 3.8) is 0 Å². The first kappa shape index (κ1) is 14.4. The summed E-state index contributed by atoms with van der Waals surface area (Å²) in [6.07, 6.45) is -5.77. The van der Waals surface area contributed by atoms with Crippen molar-refractivity contribution < 1.29 is 22.0 Å². The molecule has 0 aliphatic heterocycles.